The van der Waals surface area contributed by atoms with Gasteiger partial charge in [0.2, 0.25) is 5.95 Å². The maximum atomic E-state index is 13.5. The van der Waals surface area contributed by atoms with Crippen molar-refractivity contribution in [3.8, 4) is 11.8 Å². The number of hydrogen-bond donors (Lipinski definition) is 1. The van der Waals surface area contributed by atoms with E-state index in [0.29, 0.717) is 29.3 Å². The molecule has 0 bridgehead atoms. The molecule has 0 saturated carbocycles. The minimum atomic E-state index is -4.63. The zero-order valence-corrected chi connectivity index (χ0v) is 16.9. The lowest BCUT2D eigenvalue weighted by Gasteiger charge is -2.20. The normalized spacial score (nSPS) is 11.0. The number of nitrogens with one attached hydrogen (secondary N) is 1. The van der Waals surface area contributed by atoms with E-state index < -0.39 is 11.7 Å². The van der Waals surface area contributed by atoms with Crippen molar-refractivity contribution in [3.05, 3.63) is 65.9 Å². The van der Waals surface area contributed by atoms with E-state index in [2.05, 4.69) is 15.3 Å². The third-order valence-corrected chi connectivity index (χ3v) is 4.36. The predicted molar refractivity (Wildman–Crippen MR) is 112 cm³/mol. The van der Waals surface area contributed by atoms with E-state index >= 15 is 0 Å². The Morgan fingerprint density at radius 1 is 1.10 bits per heavy atom. The zero-order valence-electron chi connectivity index (χ0n) is 16.9. The van der Waals surface area contributed by atoms with Crippen molar-refractivity contribution in [2.24, 2.45) is 0 Å². The number of ether oxygens (including phenoxy) is 1. The van der Waals surface area contributed by atoms with E-state index in [-0.39, 0.29) is 11.8 Å². The molecule has 1 N–H and O–H groups in total. The fraction of sp³-hybridized carbons (Fsp3) is 0.227. The predicted octanol–water partition coefficient (Wildman–Crippen LogP) is 5.67. The molecule has 1 aromatic heterocycles. The highest BCUT2D eigenvalue weighted by atomic mass is 19.4. The third-order valence-electron chi connectivity index (χ3n) is 4.36. The number of rotatable bonds is 7. The Morgan fingerprint density at radius 2 is 1.77 bits per heavy atom. The Bertz CT molecular complexity index is 1060. The lowest BCUT2D eigenvalue weighted by Crippen LogP contribution is -2.17. The van der Waals surface area contributed by atoms with Gasteiger partial charge < -0.3 is 15.0 Å². The number of nitrogens with zero attached hydrogens (tertiary/aromatic N) is 4. The summed E-state index contributed by atoms with van der Waals surface area (Å²) in [6, 6.07) is 15.2. The minimum absolute atomic E-state index is 0.0723. The monoisotopic (exact) mass is 427 g/mol. The second kappa shape index (κ2) is 9.34. The summed E-state index contributed by atoms with van der Waals surface area (Å²) >= 11 is 0. The van der Waals surface area contributed by atoms with Crippen LogP contribution in [0.2, 0.25) is 0 Å². The molecule has 0 amide bonds. The first-order chi connectivity index (χ1) is 14.8. The summed E-state index contributed by atoms with van der Waals surface area (Å²) in [5, 5.41) is 11.6. The van der Waals surface area contributed by atoms with E-state index in [1.54, 1.807) is 55.6 Å². The largest absolute Gasteiger partial charge is 0.494 e. The van der Waals surface area contributed by atoms with Gasteiger partial charge in [-0.25, -0.2) is 4.98 Å². The average Bonchev–Trinajstić information content (AvgIpc) is 2.77. The van der Waals surface area contributed by atoms with Gasteiger partial charge >= 0.3 is 6.18 Å². The molecule has 0 unspecified atom stereocenters. The molecule has 0 saturated heterocycles. The summed E-state index contributed by atoms with van der Waals surface area (Å²) < 4.78 is 46.0. The molecule has 160 valence electrons. The van der Waals surface area contributed by atoms with Crippen LogP contribution < -0.4 is 15.0 Å². The number of anilines is 4. The van der Waals surface area contributed by atoms with E-state index in [4.69, 9.17) is 10.00 Å². The van der Waals surface area contributed by atoms with E-state index in [1.165, 1.54) is 4.90 Å². The molecule has 0 aliphatic heterocycles. The van der Waals surface area contributed by atoms with Crippen LogP contribution in [0.15, 0.2) is 54.7 Å². The van der Waals surface area contributed by atoms with Gasteiger partial charge in [0.1, 0.15) is 17.1 Å². The second-order valence-electron chi connectivity index (χ2n) is 6.65. The second-order valence-corrected chi connectivity index (χ2v) is 6.65. The fourth-order valence-corrected chi connectivity index (χ4v) is 2.70. The smallest absolute Gasteiger partial charge is 0.421 e. The number of nitriles is 1. The van der Waals surface area contributed by atoms with Crippen LogP contribution in [0, 0.1) is 11.3 Å². The molecule has 2 aromatic carbocycles. The molecule has 0 atom stereocenters. The number of benzene rings is 2. The lowest BCUT2D eigenvalue weighted by molar-refractivity contribution is -0.137. The minimum Gasteiger partial charge on any atom is -0.494 e. The highest BCUT2D eigenvalue weighted by Crippen LogP contribution is 2.36. The topological polar surface area (TPSA) is 74.1 Å². The van der Waals surface area contributed by atoms with Gasteiger partial charge in [-0.3, -0.25) is 0 Å². The van der Waals surface area contributed by atoms with E-state index in [1.807, 2.05) is 13.0 Å². The average molecular weight is 427 g/mol. The van der Waals surface area contributed by atoms with Gasteiger partial charge in [0, 0.05) is 24.6 Å². The van der Waals surface area contributed by atoms with Gasteiger partial charge in [-0.1, -0.05) is 6.92 Å². The van der Waals surface area contributed by atoms with Gasteiger partial charge in [-0.2, -0.15) is 23.4 Å². The molecule has 0 aliphatic rings. The maximum absolute atomic E-state index is 13.5. The molecular weight excluding hydrogens is 407 g/mol. The van der Waals surface area contributed by atoms with Crippen LogP contribution in [0.3, 0.4) is 0 Å². The number of aromatic nitrogens is 2. The molecular formula is C22H20F3N5O. The molecule has 1 heterocycles. The van der Waals surface area contributed by atoms with Crippen LogP contribution in [0.4, 0.5) is 36.3 Å². The quantitative estimate of drug-likeness (QED) is 0.524. The summed E-state index contributed by atoms with van der Waals surface area (Å²) in [5.41, 5.74) is 0.553. The Kier molecular flexibility index (Phi) is 6.60. The van der Waals surface area contributed by atoms with E-state index in [0.717, 1.165) is 12.6 Å². The van der Waals surface area contributed by atoms with Crippen LogP contribution in [0.1, 0.15) is 24.5 Å². The van der Waals surface area contributed by atoms with Crippen molar-refractivity contribution in [1.29, 1.82) is 5.26 Å². The van der Waals surface area contributed by atoms with Crippen molar-refractivity contribution >= 4 is 23.1 Å². The van der Waals surface area contributed by atoms with Crippen LogP contribution in [-0.2, 0) is 6.18 Å². The molecule has 0 fully saturated rings. The third kappa shape index (κ3) is 5.42. The van der Waals surface area contributed by atoms with E-state index in [9.17, 15) is 13.2 Å². The molecule has 0 radical (unpaired) electrons. The summed E-state index contributed by atoms with van der Waals surface area (Å²) in [6.07, 6.45) is -3.02. The molecule has 6 nitrogen and oxygen atoms in total. The van der Waals surface area contributed by atoms with Crippen LogP contribution in [0.25, 0.3) is 0 Å². The zero-order chi connectivity index (χ0) is 22.4. The van der Waals surface area contributed by atoms with Crippen molar-refractivity contribution in [2.75, 3.05) is 23.9 Å². The van der Waals surface area contributed by atoms with Gasteiger partial charge in [0.15, 0.2) is 0 Å². The standard InChI is InChI=1S/C22H20F3N5O/c1-3-12-31-18-10-6-16(7-11-18)28-20-19(22(23,24)25)14-27-21(29-20)30(2)17-8-4-15(13-26)5-9-17/h4-11,14H,3,12H2,1-2H3,(H,27,28,29). The summed E-state index contributed by atoms with van der Waals surface area (Å²) in [4.78, 5) is 9.53. The van der Waals surface area contributed by atoms with Crippen molar-refractivity contribution in [3.63, 3.8) is 0 Å². The highest BCUT2D eigenvalue weighted by molar-refractivity contribution is 5.64. The molecule has 0 aliphatic carbocycles. The molecule has 31 heavy (non-hydrogen) atoms. The number of hydrogen-bond acceptors (Lipinski definition) is 6. The Morgan fingerprint density at radius 3 is 2.35 bits per heavy atom. The molecule has 3 aromatic rings. The SMILES string of the molecule is CCCOc1ccc(Nc2nc(N(C)c3ccc(C#N)cc3)ncc2C(F)(F)F)cc1. The fourth-order valence-electron chi connectivity index (χ4n) is 2.70. The van der Waals surface area contributed by atoms with Crippen LogP contribution in [-0.4, -0.2) is 23.6 Å². The van der Waals surface area contributed by atoms with Crippen molar-refractivity contribution in [1.82, 2.24) is 9.97 Å². The Labute approximate surface area is 177 Å². The first-order valence-corrected chi connectivity index (χ1v) is 9.50. The lowest BCUT2D eigenvalue weighted by atomic mass is 10.2. The van der Waals surface area contributed by atoms with Gasteiger partial charge in [-0.05, 0) is 55.0 Å². The molecule has 3 rings (SSSR count). The summed E-state index contributed by atoms with van der Waals surface area (Å²) in [5.74, 6) is 0.343. The number of alkyl halides is 3. The first-order valence-electron chi connectivity index (χ1n) is 9.50. The van der Waals surface area contributed by atoms with Crippen LogP contribution in [0.5, 0.6) is 5.75 Å². The Balaban J connectivity index is 1.90. The summed E-state index contributed by atoms with van der Waals surface area (Å²) in [7, 11) is 1.63. The molecule has 9 heteroatoms. The number of halogens is 3. The molecule has 0 spiro atoms. The van der Waals surface area contributed by atoms with Crippen LogP contribution >= 0.6 is 0 Å². The first kappa shape index (κ1) is 21.9. The van der Waals surface area contributed by atoms with Gasteiger partial charge in [-0.15, -0.1) is 0 Å². The van der Waals surface area contributed by atoms with Gasteiger partial charge in [0.05, 0.1) is 18.2 Å². The summed E-state index contributed by atoms with van der Waals surface area (Å²) in [6.45, 7) is 2.54. The maximum Gasteiger partial charge on any atom is 0.421 e. The Hall–Kier alpha value is -3.80. The van der Waals surface area contributed by atoms with Gasteiger partial charge in [0.25, 0.3) is 0 Å². The van der Waals surface area contributed by atoms with Crippen molar-refractivity contribution in [2.45, 2.75) is 19.5 Å². The highest BCUT2D eigenvalue weighted by Gasteiger charge is 2.35. The van der Waals surface area contributed by atoms with Crippen molar-refractivity contribution < 1.29 is 17.9 Å².